The number of rotatable bonds is 9. The predicted molar refractivity (Wildman–Crippen MR) is 78.4 cm³/mol. The Kier molecular flexibility index (Phi) is 6.80. The van der Waals surface area contributed by atoms with Crippen molar-refractivity contribution >= 4 is 5.97 Å². The fourth-order valence-corrected chi connectivity index (χ4v) is 2.72. The van der Waals surface area contributed by atoms with E-state index in [2.05, 4.69) is 24.1 Å². The monoisotopic (exact) mass is 270 g/mol. The summed E-state index contributed by atoms with van der Waals surface area (Å²) in [6.45, 7) is 10.5. The highest BCUT2D eigenvalue weighted by Gasteiger charge is 2.31. The molecular weight excluding hydrogens is 240 g/mol. The number of hydrogen-bond donors (Lipinski definition) is 2. The minimum absolute atomic E-state index is 0.714. The van der Waals surface area contributed by atoms with Crippen LogP contribution in [0.4, 0.5) is 0 Å². The van der Waals surface area contributed by atoms with Gasteiger partial charge in [-0.15, -0.1) is 0 Å². The molecule has 1 fully saturated rings. The van der Waals surface area contributed by atoms with Gasteiger partial charge in [-0.05, 0) is 64.6 Å². The Labute approximate surface area is 117 Å². The molecule has 0 aromatic heterocycles. The van der Waals surface area contributed by atoms with Crippen molar-refractivity contribution < 1.29 is 9.90 Å². The van der Waals surface area contributed by atoms with Gasteiger partial charge in [0.15, 0.2) is 0 Å². The summed E-state index contributed by atoms with van der Waals surface area (Å²) >= 11 is 0. The zero-order chi connectivity index (χ0) is 14.3. The summed E-state index contributed by atoms with van der Waals surface area (Å²) in [7, 11) is 0. The van der Waals surface area contributed by atoms with Gasteiger partial charge in [0.1, 0.15) is 5.54 Å². The number of carboxylic acids is 1. The molecular formula is C15H30N2O2. The second-order valence-corrected chi connectivity index (χ2v) is 6.22. The van der Waals surface area contributed by atoms with Gasteiger partial charge in [-0.3, -0.25) is 4.79 Å². The van der Waals surface area contributed by atoms with Gasteiger partial charge in [0, 0.05) is 6.54 Å². The largest absolute Gasteiger partial charge is 0.480 e. The predicted octanol–water partition coefficient (Wildman–Crippen LogP) is 2.34. The molecule has 1 saturated heterocycles. The smallest absolute Gasteiger partial charge is 0.323 e. The summed E-state index contributed by atoms with van der Waals surface area (Å²) in [6, 6.07) is 0. The van der Waals surface area contributed by atoms with Crippen molar-refractivity contribution in [2.75, 3.05) is 26.2 Å². The van der Waals surface area contributed by atoms with Gasteiger partial charge in [0.2, 0.25) is 0 Å². The fraction of sp³-hybridized carbons (Fsp3) is 0.933. The van der Waals surface area contributed by atoms with Gasteiger partial charge in [0.05, 0.1) is 0 Å². The van der Waals surface area contributed by atoms with Crippen LogP contribution in [0, 0.1) is 5.92 Å². The van der Waals surface area contributed by atoms with E-state index in [0.29, 0.717) is 6.42 Å². The van der Waals surface area contributed by atoms with Gasteiger partial charge in [-0.2, -0.15) is 0 Å². The van der Waals surface area contributed by atoms with E-state index in [0.717, 1.165) is 38.3 Å². The number of likely N-dealkylation sites (tertiary alicyclic amines) is 1. The molecule has 1 aliphatic rings. The molecule has 0 aromatic rings. The van der Waals surface area contributed by atoms with Crippen LogP contribution >= 0.6 is 0 Å². The van der Waals surface area contributed by atoms with Gasteiger partial charge >= 0.3 is 5.97 Å². The van der Waals surface area contributed by atoms with E-state index < -0.39 is 11.5 Å². The second kappa shape index (κ2) is 7.85. The van der Waals surface area contributed by atoms with Crippen LogP contribution in [0.2, 0.25) is 0 Å². The molecule has 4 heteroatoms. The topological polar surface area (TPSA) is 52.6 Å². The molecule has 2 atom stereocenters. The van der Waals surface area contributed by atoms with Gasteiger partial charge < -0.3 is 15.3 Å². The number of carboxylic acid groups (broad SMARTS) is 1. The molecule has 19 heavy (non-hydrogen) atoms. The zero-order valence-corrected chi connectivity index (χ0v) is 12.7. The maximum Gasteiger partial charge on any atom is 0.323 e. The summed E-state index contributed by atoms with van der Waals surface area (Å²) in [4.78, 5) is 13.8. The molecule has 0 aromatic carbocycles. The average Bonchev–Trinajstić information content (AvgIpc) is 2.78. The molecule has 0 spiro atoms. The Morgan fingerprint density at radius 2 is 2.21 bits per heavy atom. The van der Waals surface area contributed by atoms with E-state index in [1.165, 1.54) is 19.5 Å². The summed E-state index contributed by atoms with van der Waals surface area (Å²) in [5.74, 6) is 0.103. The van der Waals surface area contributed by atoms with Gasteiger partial charge in [-0.25, -0.2) is 0 Å². The molecule has 1 aliphatic heterocycles. The van der Waals surface area contributed by atoms with Crippen molar-refractivity contribution in [3.8, 4) is 0 Å². The number of aliphatic carboxylic acids is 1. The Bertz CT molecular complexity index is 283. The average molecular weight is 270 g/mol. The van der Waals surface area contributed by atoms with Gasteiger partial charge in [0.25, 0.3) is 0 Å². The summed E-state index contributed by atoms with van der Waals surface area (Å²) in [5, 5.41) is 12.5. The van der Waals surface area contributed by atoms with E-state index >= 15 is 0 Å². The van der Waals surface area contributed by atoms with E-state index in [4.69, 9.17) is 0 Å². The molecule has 1 heterocycles. The number of nitrogens with one attached hydrogen (secondary N) is 1. The number of nitrogens with zero attached hydrogens (tertiary/aromatic N) is 1. The Balaban J connectivity index is 2.22. The first-order valence-corrected chi connectivity index (χ1v) is 7.68. The first kappa shape index (κ1) is 16.4. The number of unbranched alkanes of at least 4 members (excludes halogenated alkanes) is 1. The lowest BCUT2D eigenvalue weighted by atomic mass is 9.94. The van der Waals surface area contributed by atoms with Crippen molar-refractivity contribution in [3.63, 3.8) is 0 Å². The molecule has 4 nitrogen and oxygen atoms in total. The number of hydrogen-bond acceptors (Lipinski definition) is 3. The highest BCUT2D eigenvalue weighted by Crippen LogP contribution is 2.18. The highest BCUT2D eigenvalue weighted by atomic mass is 16.4. The van der Waals surface area contributed by atoms with Crippen molar-refractivity contribution in [1.82, 2.24) is 10.2 Å². The fourth-order valence-electron chi connectivity index (χ4n) is 2.72. The first-order chi connectivity index (χ1) is 8.98. The molecule has 1 rings (SSSR count). The molecule has 0 saturated carbocycles. The third-order valence-corrected chi connectivity index (χ3v) is 4.15. The second-order valence-electron chi connectivity index (χ2n) is 6.22. The van der Waals surface area contributed by atoms with Crippen LogP contribution in [-0.4, -0.2) is 47.7 Å². The SMILES string of the molecule is CCCNC(C)(CCCCN1CCC(C)C1)C(=O)O. The molecule has 0 radical (unpaired) electrons. The quantitative estimate of drug-likeness (QED) is 0.631. The molecule has 0 bridgehead atoms. The van der Waals surface area contributed by atoms with Crippen molar-refractivity contribution in [1.29, 1.82) is 0 Å². The third kappa shape index (κ3) is 5.49. The summed E-state index contributed by atoms with van der Waals surface area (Å²) in [6.07, 6.45) is 5.07. The normalized spacial score (nSPS) is 23.4. The molecule has 2 N–H and O–H groups in total. The van der Waals surface area contributed by atoms with Crippen LogP contribution in [0.15, 0.2) is 0 Å². The zero-order valence-electron chi connectivity index (χ0n) is 12.7. The number of carbonyl (C=O) groups is 1. The maximum absolute atomic E-state index is 11.3. The van der Waals surface area contributed by atoms with Crippen molar-refractivity contribution in [3.05, 3.63) is 0 Å². The Morgan fingerprint density at radius 3 is 2.74 bits per heavy atom. The minimum Gasteiger partial charge on any atom is -0.480 e. The summed E-state index contributed by atoms with van der Waals surface area (Å²) < 4.78 is 0. The lowest BCUT2D eigenvalue weighted by Crippen LogP contribution is -2.49. The Hall–Kier alpha value is -0.610. The van der Waals surface area contributed by atoms with E-state index in [-0.39, 0.29) is 0 Å². The molecule has 0 aliphatic carbocycles. The molecule has 112 valence electrons. The Morgan fingerprint density at radius 1 is 1.47 bits per heavy atom. The van der Waals surface area contributed by atoms with Crippen LogP contribution in [-0.2, 0) is 4.79 Å². The lowest BCUT2D eigenvalue weighted by Gasteiger charge is -2.26. The van der Waals surface area contributed by atoms with Crippen molar-refractivity contribution in [2.24, 2.45) is 5.92 Å². The molecule has 2 unspecified atom stereocenters. The van der Waals surface area contributed by atoms with Crippen LogP contribution in [0.3, 0.4) is 0 Å². The van der Waals surface area contributed by atoms with Crippen molar-refractivity contribution in [2.45, 2.75) is 58.4 Å². The first-order valence-electron chi connectivity index (χ1n) is 7.68. The minimum atomic E-state index is -0.756. The van der Waals surface area contributed by atoms with E-state index in [9.17, 15) is 9.90 Å². The van der Waals surface area contributed by atoms with Gasteiger partial charge in [-0.1, -0.05) is 13.8 Å². The third-order valence-electron chi connectivity index (χ3n) is 4.15. The van der Waals surface area contributed by atoms with Crippen LogP contribution in [0.25, 0.3) is 0 Å². The van der Waals surface area contributed by atoms with E-state index in [1.54, 1.807) is 0 Å². The standard InChI is InChI=1S/C15H30N2O2/c1-4-9-16-15(3,14(18)19)8-5-6-10-17-11-7-13(2)12-17/h13,16H,4-12H2,1-3H3,(H,18,19). The van der Waals surface area contributed by atoms with Crippen LogP contribution in [0.1, 0.15) is 52.9 Å². The summed E-state index contributed by atoms with van der Waals surface area (Å²) in [5.41, 5.74) is -0.756. The van der Waals surface area contributed by atoms with Crippen LogP contribution < -0.4 is 5.32 Å². The lowest BCUT2D eigenvalue weighted by molar-refractivity contribution is -0.144. The molecule has 0 amide bonds. The maximum atomic E-state index is 11.3. The highest BCUT2D eigenvalue weighted by molar-refractivity contribution is 5.78. The van der Waals surface area contributed by atoms with Crippen LogP contribution in [0.5, 0.6) is 0 Å². The van der Waals surface area contributed by atoms with E-state index in [1.807, 2.05) is 6.92 Å².